The third-order valence-corrected chi connectivity index (χ3v) is 2.81. The van der Waals surface area contributed by atoms with E-state index in [1.54, 1.807) is 36.5 Å². The van der Waals surface area contributed by atoms with E-state index in [4.69, 9.17) is 39.5 Å². The Hall–Kier alpha value is -0.960. The Labute approximate surface area is 114 Å². The fraction of sp³-hybridized carbons (Fsp3) is 0.0833. The van der Waals surface area contributed by atoms with Crippen LogP contribution in [-0.2, 0) is 6.61 Å². The lowest BCUT2D eigenvalue weighted by atomic mass is 10.3. The smallest absolute Gasteiger partial charge is 0.138 e. The van der Waals surface area contributed by atoms with Gasteiger partial charge in [-0.1, -0.05) is 34.8 Å². The molecule has 0 spiro atoms. The Balaban J connectivity index is 2.07. The van der Waals surface area contributed by atoms with Crippen LogP contribution in [0.15, 0.2) is 36.5 Å². The van der Waals surface area contributed by atoms with Crippen LogP contribution in [0.2, 0.25) is 15.1 Å². The Morgan fingerprint density at radius 2 is 1.76 bits per heavy atom. The lowest BCUT2D eigenvalue weighted by molar-refractivity contribution is 0.301. The van der Waals surface area contributed by atoms with E-state index in [-0.39, 0.29) is 0 Å². The van der Waals surface area contributed by atoms with Crippen molar-refractivity contribution in [2.45, 2.75) is 6.61 Å². The summed E-state index contributed by atoms with van der Waals surface area (Å²) in [7, 11) is 0. The van der Waals surface area contributed by atoms with E-state index in [1.807, 2.05) is 0 Å². The van der Waals surface area contributed by atoms with E-state index in [0.717, 1.165) is 5.69 Å². The quantitative estimate of drug-likeness (QED) is 0.822. The maximum Gasteiger partial charge on any atom is 0.138 e. The summed E-state index contributed by atoms with van der Waals surface area (Å²) in [6.07, 6.45) is 1.63. The SMILES string of the molecule is Clc1ccnc(COc2ccc(Cl)cc2Cl)c1. The summed E-state index contributed by atoms with van der Waals surface area (Å²) in [4.78, 5) is 4.12. The number of aromatic nitrogens is 1. The van der Waals surface area contributed by atoms with E-state index >= 15 is 0 Å². The largest absolute Gasteiger partial charge is 0.486 e. The number of pyridine rings is 1. The highest BCUT2D eigenvalue weighted by Crippen LogP contribution is 2.28. The first-order valence-corrected chi connectivity index (χ1v) is 5.97. The molecule has 2 aromatic rings. The third kappa shape index (κ3) is 3.50. The van der Waals surface area contributed by atoms with Crippen LogP contribution in [0.25, 0.3) is 0 Å². The molecule has 1 aromatic carbocycles. The number of halogens is 3. The average Bonchev–Trinajstić information content (AvgIpc) is 2.28. The first kappa shape index (κ1) is 12.5. The molecule has 0 radical (unpaired) electrons. The van der Waals surface area contributed by atoms with Gasteiger partial charge in [-0.15, -0.1) is 0 Å². The Morgan fingerprint density at radius 1 is 1.00 bits per heavy atom. The Morgan fingerprint density at radius 3 is 2.47 bits per heavy atom. The van der Waals surface area contributed by atoms with E-state index in [0.29, 0.717) is 27.4 Å². The molecule has 5 heteroatoms. The van der Waals surface area contributed by atoms with Crippen molar-refractivity contribution >= 4 is 34.8 Å². The highest BCUT2D eigenvalue weighted by atomic mass is 35.5. The van der Waals surface area contributed by atoms with Gasteiger partial charge in [-0.3, -0.25) is 4.98 Å². The van der Waals surface area contributed by atoms with Crippen molar-refractivity contribution in [3.63, 3.8) is 0 Å². The van der Waals surface area contributed by atoms with Crippen LogP contribution >= 0.6 is 34.8 Å². The third-order valence-electron chi connectivity index (χ3n) is 2.05. The summed E-state index contributed by atoms with van der Waals surface area (Å²) in [6.45, 7) is 0.307. The first-order valence-electron chi connectivity index (χ1n) is 4.83. The molecular formula is C12H8Cl3NO. The van der Waals surface area contributed by atoms with Gasteiger partial charge in [0, 0.05) is 16.2 Å². The van der Waals surface area contributed by atoms with Crippen LogP contribution < -0.4 is 4.74 Å². The molecule has 0 saturated carbocycles. The predicted molar refractivity (Wildman–Crippen MR) is 70.0 cm³/mol. The monoisotopic (exact) mass is 287 g/mol. The topological polar surface area (TPSA) is 22.1 Å². The summed E-state index contributed by atoms with van der Waals surface area (Å²) in [6, 6.07) is 8.51. The number of hydrogen-bond acceptors (Lipinski definition) is 2. The molecule has 1 aromatic heterocycles. The van der Waals surface area contributed by atoms with E-state index in [9.17, 15) is 0 Å². The van der Waals surface area contributed by atoms with Gasteiger partial charge in [0.15, 0.2) is 0 Å². The van der Waals surface area contributed by atoms with Crippen molar-refractivity contribution in [2.24, 2.45) is 0 Å². The Bertz CT molecular complexity index is 531. The molecule has 0 aliphatic carbocycles. The summed E-state index contributed by atoms with van der Waals surface area (Å²) < 4.78 is 5.52. The van der Waals surface area contributed by atoms with Gasteiger partial charge in [0.2, 0.25) is 0 Å². The summed E-state index contributed by atoms with van der Waals surface area (Å²) in [5, 5.41) is 1.67. The minimum Gasteiger partial charge on any atom is -0.486 e. The molecule has 0 saturated heterocycles. The molecule has 2 rings (SSSR count). The molecule has 0 atom stereocenters. The fourth-order valence-electron chi connectivity index (χ4n) is 1.27. The fourth-order valence-corrected chi connectivity index (χ4v) is 1.92. The van der Waals surface area contributed by atoms with Crippen LogP contribution in [0.4, 0.5) is 0 Å². The number of ether oxygens (including phenoxy) is 1. The summed E-state index contributed by atoms with van der Waals surface area (Å²) >= 11 is 17.6. The first-order chi connectivity index (χ1) is 8.15. The van der Waals surface area contributed by atoms with Crippen LogP contribution in [-0.4, -0.2) is 4.98 Å². The second-order valence-electron chi connectivity index (χ2n) is 3.33. The van der Waals surface area contributed by atoms with Crippen molar-refractivity contribution < 1.29 is 4.74 Å². The summed E-state index contributed by atoms with van der Waals surface area (Å²) in [5.74, 6) is 0.567. The van der Waals surface area contributed by atoms with Crippen LogP contribution in [0.5, 0.6) is 5.75 Å². The molecule has 88 valence electrons. The van der Waals surface area contributed by atoms with Gasteiger partial charge in [-0.25, -0.2) is 0 Å². The number of nitrogens with zero attached hydrogens (tertiary/aromatic N) is 1. The zero-order chi connectivity index (χ0) is 12.3. The maximum atomic E-state index is 5.97. The molecule has 0 bridgehead atoms. The number of hydrogen-bond donors (Lipinski definition) is 0. The standard InChI is InChI=1S/C12H8Cl3NO/c13-8-1-2-12(11(15)6-8)17-7-10-5-9(14)3-4-16-10/h1-6H,7H2. The molecule has 17 heavy (non-hydrogen) atoms. The predicted octanol–water partition coefficient (Wildman–Crippen LogP) is 4.62. The molecule has 1 heterocycles. The van der Waals surface area contributed by atoms with E-state index < -0.39 is 0 Å². The normalized spacial score (nSPS) is 10.3. The Kier molecular flexibility index (Phi) is 4.11. The van der Waals surface area contributed by atoms with Gasteiger partial charge in [0.05, 0.1) is 10.7 Å². The van der Waals surface area contributed by atoms with Gasteiger partial charge in [-0.2, -0.15) is 0 Å². The van der Waals surface area contributed by atoms with Gasteiger partial charge in [0.1, 0.15) is 12.4 Å². The molecule has 0 unspecified atom stereocenters. The van der Waals surface area contributed by atoms with Crippen LogP contribution in [0, 0.1) is 0 Å². The molecule has 0 fully saturated rings. The van der Waals surface area contributed by atoms with E-state index in [1.165, 1.54) is 0 Å². The summed E-state index contributed by atoms with van der Waals surface area (Å²) in [5.41, 5.74) is 0.739. The highest BCUT2D eigenvalue weighted by Gasteiger charge is 2.03. The molecule has 0 aliphatic rings. The highest BCUT2D eigenvalue weighted by molar-refractivity contribution is 6.35. The van der Waals surface area contributed by atoms with Crippen molar-refractivity contribution in [2.75, 3.05) is 0 Å². The van der Waals surface area contributed by atoms with Gasteiger partial charge in [-0.05, 0) is 30.3 Å². The maximum absolute atomic E-state index is 5.97. The zero-order valence-electron chi connectivity index (χ0n) is 8.66. The minimum atomic E-state index is 0.307. The second-order valence-corrected chi connectivity index (χ2v) is 4.61. The molecule has 2 nitrogen and oxygen atoms in total. The van der Waals surface area contributed by atoms with Crippen molar-refractivity contribution in [3.8, 4) is 5.75 Å². The molecule has 0 N–H and O–H groups in total. The lowest BCUT2D eigenvalue weighted by Crippen LogP contribution is -1.98. The van der Waals surface area contributed by atoms with Crippen molar-refractivity contribution in [3.05, 3.63) is 57.3 Å². The van der Waals surface area contributed by atoms with Gasteiger partial charge >= 0.3 is 0 Å². The molecule has 0 aliphatic heterocycles. The molecular weight excluding hydrogens is 280 g/mol. The van der Waals surface area contributed by atoms with Crippen LogP contribution in [0.1, 0.15) is 5.69 Å². The zero-order valence-corrected chi connectivity index (χ0v) is 10.9. The average molecular weight is 289 g/mol. The number of rotatable bonds is 3. The van der Waals surface area contributed by atoms with Crippen LogP contribution in [0.3, 0.4) is 0 Å². The molecule has 0 amide bonds. The number of benzene rings is 1. The van der Waals surface area contributed by atoms with Gasteiger partial charge in [0.25, 0.3) is 0 Å². The van der Waals surface area contributed by atoms with Gasteiger partial charge < -0.3 is 4.74 Å². The second kappa shape index (κ2) is 5.58. The van der Waals surface area contributed by atoms with Crippen molar-refractivity contribution in [1.82, 2.24) is 4.98 Å². The van der Waals surface area contributed by atoms with E-state index in [2.05, 4.69) is 4.98 Å². The van der Waals surface area contributed by atoms with Crippen molar-refractivity contribution in [1.29, 1.82) is 0 Å². The minimum absolute atomic E-state index is 0.307. The lowest BCUT2D eigenvalue weighted by Gasteiger charge is -2.07.